The molecule has 0 aliphatic carbocycles. The second-order valence-electron chi connectivity index (χ2n) is 4.59. The average Bonchev–Trinajstić information content (AvgIpc) is 2.79. The van der Waals surface area contributed by atoms with Crippen molar-refractivity contribution in [3.8, 4) is 0 Å². The molecule has 1 N–H and O–H groups in total. The Morgan fingerprint density at radius 1 is 1.28 bits per heavy atom. The van der Waals surface area contributed by atoms with Gasteiger partial charge in [-0.05, 0) is 26.0 Å². The van der Waals surface area contributed by atoms with E-state index in [9.17, 15) is 5.11 Å². The van der Waals surface area contributed by atoms with E-state index in [2.05, 4.69) is 22.4 Å². The van der Waals surface area contributed by atoms with Crippen molar-refractivity contribution in [2.45, 2.75) is 30.9 Å². The maximum absolute atomic E-state index is 9.78. The van der Waals surface area contributed by atoms with E-state index in [-0.39, 0.29) is 0 Å². The summed E-state index contributed by atoms with van der Waals surface area (Å²) in [5.41, 5.74) is -0.322. The normalized spacial score (nSPS) is 11.7. The van der Waals surface area contributed by atoms with Gasteiger partial charge >= 0.3 is 0 Å². The van der Waals surface area contributed by atoms with Crippen LogP contribution < -0.4 is 0 Å². The quantitative estimate of drug-likeness (QED) is 0.841. The number of rotatable bonds is 5. The Hall–Kier alpha value is -1.33. The highest BCUT2D eigenvalue weighted by Crippen LogP contribution is 2.18. The molecular formula is C13H17N3OS. The lowest BCUT2D eigenvalue weighted by molar-refractivity contribution is 0.0737. The van der Waals surface area contributed by atoms with E-state index in [1.807, 2.05) is 18.2 Å². The summed E-state index contributed by atoms with van der Waals surface area (Å²) in [6, 6.07) is 10.3. The summed E-state index contributed by atoms with van der Waals surface area (Å²) in [7, 11) is 0. The molecule has 2 rings (SSSR count). The predicted octanol–water partition coefficient (Wildman–Crippen LogP) is 2.30. The van der Waals surface area contributed by atoms with Gasteiger partial charge in [-0.1, -0.05) is 23.4 Å². The number of aromatic nitrogens is 3. The third kappa shape index (κ3) is 3.58. The van der Waals surface area contributed by atoms with Gasteiger partial charge in [-0.2, -0.15) is 0 Å². The Morgan fingerprint density at radius 2 is 2.00 bits per heavy atom. The Labute approximate surface area is 111 Å². The minimum Gasteiger partial charge on any atom is -0.384 e. The lowest BCUT2D eigenvalue weighted by Crippen LogP contribution is -2.15. The summed E-state index contributed by atoms with van der Waals surface area (Å²) in [6.45, 7) is 4.20. The van der Waals surface area contributed by atoms with Crippen molar-refractivity contribution in [2.24, 2.45) is 0 Å². The molecule has 1 aromatic carbocycles. The molecule has 2 aromatic rings. The third-order valence-electron chi connectivity index (χ3n) is 2.50. The van der Waals surface area contributed by atoms with E-state index in [1.165, 1.54) is 4.90 Å². The Bertz CT molecular complexity index is 490. The second-order valence-corrected chi connectivity index (χ2v) is 5.76. The number of benzene rings is 1. The van der Waals surface area contributed by atoms with Gasteiger partial charge in [-0.25, -0.2) is 0 Å². The molecule has 0 aliphatic rings. The standard InChI is InChI=1S/C13H17N3OS/c1-13(2,17)12-10-16(15-14-12)8-9-18-11-6-4-3-5-7-11/h3-7,10,17H,8-9H2,1-2H3. The Morgan fingerprint density at radius 3 is 2.61 bits per heavy atom. The van der Waals surface area contributed by atoms with Gasteiger partial charge in [0.2, 0.25) is 0 Å². The van der Waals surface area contributed by atoms with Gasteiger partial charge in [0, 0.05) is 10.6 Å². The zero-order chi connectivity index (χ0) is 13.0. The molecule has 18 heavy (non-hydrogen) atoms. The minimum atomic E-state index is -0.926. The van der Waals surface area contributed by atoms with Crippen molar-refractivity contribution in [2.75, 3.05) is 5.75 Å². The maximum atomic E-state index is 9.78. The van der Waals surface area contributed by atoms with Crippen LogP contribution in [-0.2, 0) is 12.1 Å². The van der Waals surface area contributed by atoms with Gasteiger partial charge in [-0.15, -0.1) is 16.9 Å². The number of thioether (sulfide) groups is 1. The fourth-order valence-electron chi connectivity index (χ4n) is 1.46. The van der Waals surface area contributed by atoms with Crippen molar-refractivity contribution >= 4 is 11.8 Å². The van der Waals surface area contributed by atoms with Gasteiger partial charge < -0.3 is 5.11 Å². The highest BCUT2D eigenvalue weighted by atomic mass is 32.2. The first-order valence-electron chi connectivity index (χ1n) is 5.86. The molecule has 4 nitrogen and oxygen atoms in total. The van der Waals surface area contributed by atoms with Crippen molar-refractivity contribution < 1.29 is 5.11 Å². The topological polar surface area (TPSA) is 50.9 Å². The molecule has 0 amide bonds. The van der Waals surface area contributed by atoms with Gasteiger partial charge in [0.25, 0.3) is 0 Å². The van der Waals surface area contributed by atoms with Crippen molar-refractivity contribution in [1.29, 1.82) is 0 Å². The molecule has 0 aliphatic heterocycles. The summed E-state index contributed by atoms with van der Waals surface area (Å²) >= 11 is 1.78. The van der Waals surface area contributed by atoms with E-state index in [1.54, 1.807) is 36.5 Å². The Balaban J connectivity index is 1.86. The zero-order valence-corrected chi connectivity index (χ0v) is 11.4. The highest BCUT2D eigenvalue weighted by Gasteiger charge is 2.19. The van der Waals surface area contributed by atoms with Crippen LogP contribution in [0.15, 0.2) is 41.4 Å². The molecule has 0 bridgehead atoms. The molecule has 0 radical (unpaired) electrons. The van der Waals surface area contributed by atoms with Crippen LogP contribution in [0.2, 0.25) is 0 Å². The van der Waals surface area contributed by atoms with Gasteiger partial charge in [0.1, 0.15) is 11.3 Å². The first kappa shape index (κ1) is 13.1. The summed E-state index contributed by atoms with van der Waals surface area (Å²) in [5.74, 6) is 0.929. The van der Waals surface area contributed by atoms with Crippen LogP contribution in [0, 0.1) is 0 Å². The molecule has 5 heteroatoms. The Kier molecular flexibility index (Phi) is 4.04. The van der Waals surface area contributed by atoms with Gasteiger partial charge in [0.05, 0.1) is 12.7 Å². The van der Waals surface area contributed by atoms with Crippen LogP contribution >= 0.6 is 11.8 Å². The molecule has 96 valence electrons. The number of aliphatic hydroxyl groups is 1. The molecule has 1 aromatic heterocycles. The lowest BCUT2D eigenvalue weighted by Gasteiger charge is -2.11. The fourth-order valence-corrected chi connectivity index (χ4v) is 2.33. The number of hydrogen-bond donors (Lipinski definition) is 1. The van der Waals surface area contributed by atoms with E-state index in [0.29, 0.717) is 5.69 Å². The summed E-state index contributed by atoms with van der Waals surface area (Å²) in [4.78, 5) is 1.25. The highest BCUT2D eigenvalue weighted by molar-refractivity contribution is 7.99. The molecular weight excluding hydrogens is 246 g/mol. The largest absolute Gasteiger partial charge is 0.384 e. The van der Waals surface area contributed by atoms with E-state index in [0.717, 1.165) is 12.3 Å². The minimum absolute atomic E-state index is 0.604. The number of aryl methyl sites for hydroxylation is 1. The van der Waals surface area contributed by atoms with Crippen LogP contribution in [0.4, 0.5) is 0 Å². The summed E-state index contributed by atoms with van der Waals surface area (Å²) in [6.07, 6.45) is 1.80. The number of hydrogen-bond acceptors (Lipinski definition) is 4. The smallest absolute Gasteiger partial charge is 0.114 e. The lowest BCUT2D eigenvalue weighted by atomic mass is 10.1. The first-order chi connectivity index (χ1) is 8.55. The molecule has 0 fully saturated rings. The van der Waals surface area contributed by atoms with Gasteiger partial charge in [0.15, 0.2) is 0 Å². The van der Waals surface area contributed by atoms with E-state index < -0.39 is 5.60 Å². The summed E-state index contributed by atoms with van der Waals surface area (Å²) < 4.78 is 1.77. The van der Waals surface area contributed by atoms with Crippen molar-refractivity contribution in [1.82, 2.24) is 15.0 Å². The average molecular weight is 263 g/mol. The molecule has 0 spiro atoms. The fraction of sp³-hybridized carbons (Fsp3) is 0.385. The zero-order valence-electron chi connectivity index (χ0n) is 10.6. The third-order valence-corrected chi connectivity index (χ3v) is 3.49. The molecule has 0 saturated carbocycles. The molecule has 0 atom stereocenters. The molecule has 0 saturated heterocycles. The van der Waals surface area contributed by atoms with Crippen LogP contribution in [-0.4, -0.2) is 25.9 Å². The summed E-state index contributed by atoms with van der Waals surface area (Å²) in [5, 5.41) is 17.8. The van der Waals surface area contributed by atoms with E-state index >= 15 is 0 Å². The van der Waals surface area contributed by atoms with Crippen LogP contribution in [0.1, 0.15) is 19.5 Å². The molecule has 0 unspecified atom stereocenters. The van der Waals surface area contributed by atoms with Crippen molar-refractivity contribution in [3.63, 3.8) is 0 Å². The van der Waals surface area contributed by atoms with Crippen molar-refractivity contribution in [3.05, 3.63) is 42.2 Å². The predicted molar refractivity (Wildman–Crippen MR) is 72.4 cm³/mol. The molecule has 1 heterocycles. The van der Waals surface area contributed by atoms with Crippen LogP contribution in [0.25, 0.3) is 0 Å². The first-order valence-corrected chi connectivity index (χ1v) is 6.85. The van der Waals surface area contributed by atoms with Crippen LogP contribution in [0.5, 0.6) is 0 Å². The van der Waals surface area contributed by atoms with E-state index in [4.69, 9.17) is 0 Å². The SMILES string of the molecule is CC(C)(O)c1cn(CCSc2ccccc2)nn1. The maximum Gasteiger partial charge on any atom is 0.114 e. The van der Waals surface area contributed by atoms with Gasteiger partial charge in [-0.3, -0.25) is 4.68 Å². The monoisotopic (exact) mass is 263 g/mol. The second kappa shape index (κ2) is 5.54. The number of nitrogens with zero attached hydrogens (tertiary/aromatic N) is 3. The van der Waals surface area contributed by atoms with Crippen LogP contribution in [0.3, 0.4) is 0 Å².